The summed E-state index contributed by atoms with van der Waals surface area (Å²) in [5, 5.41) is 3.09. The van der Waals surface area contributed by atoms with Crippen LogP contribution in [-0.4, -0.2) is 17.4 Å². The second-order valence-corrected chi connectivity index (χ2v) is 9.16. The van der Waals surface area contributed by atoms with Crippen molar-refractivity contribution < 1.29 is 18.0 Å². The number of pyridine rings is 1. The maximum Gasteiger partial charge on any atom is 0.433 e. The minimum atomic E-state index is -4.42. The van der Waals surface area contributed by atoms with E-state index in [-0.39, 0.29) is 5.91 Å². The first-order chi connectivity index (χ1) is 15.2. The van der Waals surface area contributed by atoms with Gasteiger partial charge < -0.3 is 10.2 Å². The Kier molecular flexibility index (Phi) is 6.45. The molecule has 7 heteroatoms. The van der Waals surface area contributed by atoms with Crippen molar-refractivity contribution in [1.82, 2.24) is 4.98 Å². The van der Waals surface area contributed by atoms with E-state index in [1.54, 1.807) is 0 Å². The molecule has 0 spiro atoms. The highest BCUT2D eigenvalue weighted by molar-refractivity contribution is 5.92. The second kappa shape index (κ2) is 9.12. The Morgan fingerprint density at radius 2 is 1.84 bits per heavy atom. The largest absolute Gasteiger partial charge is 0.433 e. The molecule has 0 bridgehead atoms. The number of fused-ring (bicyclic) bond motifs is 1. The average Bonchev–Trinajstić information content (AvgIpc) is 3.27. The number of hydrogen-bond acceptors (Lipinski definition) is 3. The van der Waals surface area contributed by atoms with Crippen molar-refractivity contribution in [2.75, 3.05) is 16.8 Å². The molecule has 4 rings (SSSR count). The lowest BCUT2D eigenvalue weighted by Crippen LogP contribution is -2.31. The Balaban J connectivity index is 1.43. The molecule has 1 aromatic heterocycles. The number of amides is 1. The van der Waals surface area contributed by atoms with E-state index in [9.17, 15) is 18.0 Å². The summed E-state index contributed by atoms with van der Waals surface area (Å²) >= 11 is 0. The summed E-state index contributed by atoms with van der Waals surface area (Å²) in [7, 11) is 0. The van der Waals surface area contributed by atoms with Crippen LogP contribution in [0.1, 0.15) is 66.6 Å². The average molecular weight is 446 g/mol. The smallest absolute Gasteiger partial charge is 0.367 e. The molecule has 1 aliphatic carbocycles. The molecule has 4 nitrogen and oxygen atoms in total. The number of hydrogen-bond donors (Lipinski definition) is 1. The van der Waals surface area contributed by atoms with E-state index in [0.717, 1.165) is 40.6 Å². The zero-order valence-corrected chi connectivity index (χ0v) is 18.7. The maximum atomic E-state index is 12.9. The summed E-state index contributed by atoms with van der Waals surface area (Å²) in [5.41, 5.74) is 4.37. The molecule has 0 saturated heterocycles. The fourth-order valence-electron chi connectivity index (χ4n) is 4.95. The third kappa shape index (κ3) is 5.08. The third-order valence-corrected chi connectivity index (χ3v) is 6.74. The van der Waals surface area contributed by atoms with E-state index in [1.165, 1.54) is 31.7 Å². The molecule has 2 aliphatic rings. The molecule has 1 saturated carbocycles. The lowest BCUT2D eigenvalue weighted by atomic mass is 10.0. The minimum absolute atomic E-state index is 0.0642. The minimum Gasteiger partial charge on any atom is -0.367 e. The van der Waals surface area contributed by atoms with Crippen LogP contribution in [0.3, 0.4) is 0 Å². The zero-order chi connectivity index (χ0) is 22.9. The van der Waals surface area contributed by atoms with Crippen molar-refractivity contribution in [3.8, 4) is 0 Å². The first-order valence-electron chi connectivity index (χ1n) is 11.4. The van der Waals surface area contributed by atoms with Gasteiger partial charge in [0.1, 0.15) is 5.69 Å². The lowest BCUT2D eigenvalue weighted by Gasteiger charge is -2.31. The highest BCUT2D eigenvalue weighted by Crippen LogP contribution is 2.33. The molecule has 1 fully saturated rings. The summed E-state index contributed by atoms with van der Waals surface area (Å²) in [6, 6.07) is 6.68. The zero-order valence-electron chi connectivity index (χ0n) is 18.7. The van der Waals surface area contributed by atoms with Gasteiger partial charge in [0.2, 0.25) is 5.91 Å². The molecule has 1 aliphatic heterocycles. The van der Waals surface area contributed by atoms with Gasteiger partial charge in [-0.15, -0.1) is 0 Å². The molecule has 0 radical (unpaired) electrons. The van der Waals surface area contributed by atoms with Crippen LogP contribution in [0.15, 0.2) is 24.3 Å². The van der Waals surface area contributed by atoms with Gasteiger partial charge in [0.05, 0.1) is 0 Å². The Labute approximate surface area is 187 Å². The summed E-state index contributed by atoms with van der Waals surface area (Å²) < 4.78 is 38.8. The number of aryl methyl sites for hydroxylation is 2. The van der Waals surface area contributed by atoms with Gasteiger partial charge in [-0.1, -0.05) is 31.7 Å². The van der Waals surface area contributed by atoms with Crippen LogP contribution in [-0.2, 0) is 23.9 Å². The predicted octanol–water partition coefficient (Wildman–Crippen LogP) is 6.19. The number of nitrogens with one attached hydrogen (secondary N) is 1. The van der Waals surface area contributed by atoms with E-state index in [1.807, 2.05) is 26.0 Å². The molecular formula is C25H30F3N3O. The number of nitrogens with zero attached hydrogens (tertiary/aromatic N) is 2. The Hall–Kier alpha value is -2.57. The van der Waals surface area contributed by atoms with E-state index in [0.29, 0.717) is 37.5 Å². The number of aromatic nitrogens is 1. The Bertz CT molecular complexity index is 973. The molecule has 0 atom stereocenters. The first-order valence-corrected chi connectivity index (χ1v) is 11.4. The van der Waals surface area contributed by atoms with Crippen molar-refractivity contribution in [2.45, 2.75) is 71.5 Å². The molecule has 1 N–H and O–H groups in total. The first kappa shape index (κ1) is 22.6. The van der Waals surface area contributed by atoms with Crippen molar-refractivity contribution in [3.05, 3.63) is 52.3 Å². The summed E-state index contributed by atoms with van der Waals surface area (Å²) in [5.74, 6) is 0.753. The lowest BCUT2D eigenvalue weighted by molar-refractivity contribution is -0.141. The van der Waals surface area contributed by atoms with Crippen LogP contribution >= 0.6 is 0 Å². The van der Waals surface area contributed by atoms with Gasteiger partial charge in [-0.3, -0.25) is 4.79 Å². The monoisotopic (exact) mass is 445 g/mol. The van der Waals surface area contributed by atoms with Crippen molar-refractivity contribution >= 4 is 17.3 Å². The standard InChI is InChI=1S/C25H30F3N3O/c1-16-13-20(14-17(2)24(16)30-23(32)10-7-18-5-3-4-6-18)31-12-11-21-19(15-31)8-9-22(29-21)25(26,27)28/h8-9,13-14,18H,3-7,10-12,15H2,1-2H3,(H,30,32). The van der Waals surface area contributed by atoms with Crippen LogP contribution in [0, 0.1) is 19.8 Å². The van der Waals surface area contributed by atoms with E-state index >= 15 is 0 Å². The van der Waals surface area contributed by atoms with Gasteiger partial charge in [0.15, 0.2) is 0 Å². The van der Waals surface area contributed by atoms with Crippen LogP contribution in [0.25, 0.3) is 0 Å². The Morgan fingerprint density at radius 1 is 1.16 bits per heavy atom. The number of anilines is 2. The summed E-state index contributed by atoms with van der Waals surface area (Å²) in [6.45, 7) is 5.09. The molecule has 2 aromatic rings. The normalized spacial score (nSPS) is 16.8. The second-order valence-electron chi connectivity index (χ2n) is 9.16. The number of rotatable bonds is 5. The molecular weight excluding hydrogens is 415 g/mol. The van der Waals surface area contributed by atoms with Crippen molar-refractivity contribution in [2.24, 2.45) is 5.92 Å². The quantitative estimate of drug-likeness (QED) is 0.597. The van der Waals surface area contributed by atoms with Crippen LogP contribution < -0.4 is 10.2 Å². The fourth-order valence-corrected chi connectivity index (χ4v) is 4.95. The van der Waals surface area contributed by atoms with Gasteiger partial charge in [0, 0.05) is 43.0 Å². The van der Waals surface area contributed by atoms with E-state index in [4.69, 9.17) is 0 Å². The molecule has 172 valence electrons. The maximum absolute atomic E-state index is 12.9. The van der Waals surface area contributed by atoms with E-state index in [2.05, 4.69) is 15.2 Å². The molecule has 1 aromatic carbocycles. The summed E-state index contributed by atoms with van der Waals surface area (Å²) in [4.78, 5) is 18.5. The topological polar surface area (TPSA) is 45.2 Å². The van der Waals surface area contributed by atoms with Crippen LogP contribution in [0.5, 0.6) is 0 Å². The number of carbonyl (C=O) groups excluding carboxylic acids is 1. The number of carbonyl (C=O) groups is 1. The van der Waals surface area contributed by atoms with Crippen molar-refractivity contribution in [3.63, 3.8) is 0 Å². The van der Waals surface area contributed by atoms with Crippen molar-refractivity contribution in [1.29, 1.82) is 0 Å². The molecule has 2 heterocycles. The highest BCUT2D eigenvalue weighted by atomic mass is 19.4. The summed E-state index contributed by atoms with van der Waals surface area (Å²) in [6.07, 6.45) is 2.62. The van der Waals surface area contributed by atoms with Gasteiger partial charge >= 0.3 is 6.18 Å². The highest BCUT2D eigenvalue weighted by Gasteiger charge is 2.33. The van der Waals surface area contributed by atoms with Gasteiger partial charge in [0.25, 0.3) is 0 Å². The fraction of sp³-hybridized carbons (Fsp3) is 0.520. The number of benzene rings is 1. The van der Waals surface area contributed by atoms with E-state index < -0.39 is 11.9 Å². The molecule has 0 unspecified atom stereocenters. The third-order valence-electron chi connectivity index (χ3n) is 6.74. The molecule has 1 amide bonds. The van der Waals surface area contributed by atoms with Crippen LogP contribution in [0.2, 0.25) is 0 Å². The van der Waals surface area contributed by atoms with Gasteiger partial charge in [-0.05, 0) is 61.1 Å². The Morgan fingerprint density at radius 3 is 2.50 bits per heavy atom. The SMILES string of the molecule is Cc1cc(N2CCc3nc(C(F)(F)F)ccc3C2)cc(C)c1NC(=O)CCC1CCCC1. The number of halogens is 3. The van der Waals surface area contributed by atoms with Crippen LogP contribution in [0.4, 0.5) is 24.5 Å². The van der Waals surface area contributed by atoms with Gasteiger partial charge in [-0.2, -0.15) is 13.2 Å². The molecule has 32 heavy (non-hydrogen) atoms. The predicted molar refractivity (Wildman–Crippen MR) is 120 cm³/mol. The van der Waals surface area contributed by atoms with Gasteiger partial charge in [-0.25, -0.2) is 4.98 Å². The number of alkyl halides is 3.